The molecule has 0 amide bonds. The highest BCUT2D eigenvalue weighted by molar-refractivity contribution is 5.82. The van der Waals surface area contributed by atoms with E-state index in [2.05, 4.69) is 6.58 Å². The van der Waals surface area contributed by atoms with Gasteiger partial charge in [-0.15, -0.1) is 0 Å². The zero-order valence-corrected chi connectivity index (χ0v) is 19.2. The van der Waals surface area contributed by atoms with Crippen LogP contribution in [0, 0.1) is 0 Å². The second-order valence-corrected chi connectivity index (χ2v) is 8.01. The van der Waals surface area contributed by atoms with Gasteiger partial charge in [0.1, 0.15) is 5.75 Å². The van der Waals surface area contributed by atoms with Crippen molar-refractivity contribution in [1.29, 1.82) is 0 Å². The molecule has 0 atom stereocenters. The van der Waals surface area contributed by atoms with Crippen LogP contribution in [0.4, 0.5) is 13.2 Å². The Morgan fingerprint density at radius 2 is 1.85 bits per heavy atom. The van der Waals surface area contributed by atoms with E-state index >= 15 is 0 Å². The first kappa shape index (κ1) is 26.5. The van der Waals surface area contributed by atoms with E-state index < -0.39 is 17.7 Å². The highest BCUT2D eigenvalue weighted by Crippen LogP contribution is 2.41. The van der Waals surface area contributed by atoms with Crippen molar-refractivity contribution in [3.05, 3.63) is 71.4 Å². The lowest BCUT2D eigenvalue weighted by atomic mass is 9.93. The van der Waals surface area contributed by atoms with Gasteiger partial charge in [0.15, 0.2) is 0 Å². The molecular formula is C26H31F3O4. The highest BCUT2D eigenvalue weighted by Gasteiger charge is 2.36. The molecule has 0 heterocycles. The molecule has 1 aliphatic rings. The molecule has 1 aromatic carbocycles. The van der Waals surface area contributed by atoms with E-state index in [0.29, 0.717) is 24.0 Å². The van der Waals surface area contributed by atoms with Gasteiger partial charge in [-0.3, -0.25) is 4.79 Å². The number of carbonyl (C=O) groups is 1. The normalized spacial score (nSPS) is 20.5. The molecule has 0 saturated heterocycles. The Morgan fingerprint density at radius 3 is 2.36 bits per heavy atom. The van der Waals surface area contributed by atoms with Crippen LogP contribution in [0.15, 0.2) is 60.2 Å². The molecule has 0 aliphatic heterocycles. The fraction of sp³-hybridized carbons (Fsp3) is 0.423. The Balaban J connectivity index is 2.60. The number of hydrogen-bond acceptors (Lipinski definition) is 3. The summed E-state index contributed by atoms with van der Waals surface area (Å²) in [5, 5.41) is 9.14. The van der Waals surface area contributed by atoms with Gasteiger partial charge >= 0.3 is 12.1 Å². The van der Waals surface area contributed by atoms with E-state index in [9.17, 15) is 18.0 Å². The van der Waals surface area contributed by atoms with Gasteiger partial charge in [0.05, 0.1) is 24.2 Å². The molecule has 0 bridgehead atoms. The third-order valence-corrected chi connectivity index (χ3v) is 5.68. The van der Waals surface area contributed by atoms with E-state index in [4.69, 9.17) is 14.6 Å². The summed E-state index contributed by atoms with van der Waals surface area (Å²) in [5.41, 5.74) is 0.364. The molecule has 1 N–H and O–H groups in total. The fourth-order valence-electron chi connectivity index (χ4n) is 3.97. The number of carboxylic acids is 1. The molecule has 0 unspecified atom stereocenters. The second kappa shape index (κ2) is 11.9. The summed E-state index contributed by atoms with van der Waals surface area (Å²) in [4.78, 5) is 11.2. The van der Waals surface area contributed by atoms with Crippen molar-refractivity contribution in [3.8, 4) is 5.75 Å². The first-order valence-electron chi connectivity index (χ1n) is 10.9. The van der Waals surface area contributed by atoms with Crippen LogP contribution in [0.2, 0.25) is 0 Å². The monoisotopic (exact) mass is 464 g/mol. The summed E-state index contributed by atoms with van der Waals surface area (Å²) < 4.78 is 53.5. The third-order valence-electron chi connectivity index (χ3n) is 5.68. The Morgan fingerprint density at radius 1 is 1.21 bits per heavy atom. The number of allylic oxidation sites excluding steroid dienone is 6. The maximum atomic E-state index is 14.0. The Bertz CT molecular complexity index is 933. The number of benzene rings is 1. The molecule has 1 saturated carbocycles. The quantitative estimate of drug-likeness (QED) is 0.401. The molecule has 7 heteroatoms. The van der Waals surface area contributed by atoms with Gasteiger partial charge < -0.3 is 14.6 Å². The standard InChI is InChI=1S/C26H31F3O4/c1-5-8-19(15-17(3)18(6-2)16-24(30)31)25-22(26(27,28)29)9-7-10-23(25)33-21-13-11-20(32-4)12-14-21/h5-10,15,20-21H,2,11-14,16H2,1,3-4H3,(H,30,31)/b8-5-,18-17-,19-15+. The van der Waals surface area contributed by atoms with Crippen LogP contribution in [0.3, 0.4) is 0 Å². The Hall–Kier alpha value is -2.80. The molecule has 1 aromatic rings. The topological polar surface area (TPSA) is 55.8 Å². The first-order chi connectivity index (χ1) is 15.6. The summed E-state index contributed by atoms with van der Waals surface area (Å²) >= 11 is 0. The molecule has 2 rings (SSSR count). The van der Waals surface area contributed by atoms with Gasteiger partial charge in [0, 0.05) is 12.7 Å². The number of hydrogen-bond donors (Lipinski definition) is 1. The average Bonchev–Trinajstić information content (AvgIpc) is 2.76. The van der Waals surface area contributed by atoms with Gasteiger partial charge in [-0.1, -0.05) is 36.9 Å². The van der Waals surface area contributed by atoms with E-state index in [1.165, 1.54) is 12.1 Å². The molecule has 180 valence electrons. The van der Waals surface area contributed by atoms with Crippen molar-refractivity contribution in [1.82, 2.24) is 0 Å². The number of methoxy groups -OCH3 is 1. The van der Waals surface area contributed by atoms with Gasteiger partial charge in [0.2, 0.25) is 0 Å². The summed E-state index contributed by atoms with van der Waals surface area (Å²) in [6, 6.07) is 3.93. The molecule has 4 nitrogen and oxygen atoms in total. The lowest BCUT2D eigenvalue weighted by molar-refractivity contribution is -0.138. The van der Waals surface area contributed by atoms with Crippen LogP contribution in [0.25, 0.3) is 5.57 Å². The van der Waals surface area contributed by atoms with Crippen molar-refractivity contribution < 1.29 is 32.5 Å². The van der Waals surface area contributed by atoms with Gasteiger partial charge in [-0.2, -0.15) is 13.2 Å². The van der Waals surface area contributed by atoms with Crippen molar-refractivity contribution in [3.63, 3.8) is 0 Å². The molecule has 1 fully saturated rings. The number of ether oxygens (including phenoxy) is 2. The lowest BCUT2D eigenvalue weighted by Gasteiger charge is -2.29. The van der Waals surface area contributed by atoms with Crippen LogP contribution in [0.5, 0.6) is 5.75 Å². The molecule has 0 spiro atoms. The first-order valence-corrected chi connectivity index (χ1v) is 10.9. The third kappa shape index (κ3) is 7.35. The van der Waals surface area contributed by atoms with Gasteiger partial charge in [-0.05, 0) is 68.4 Å². The van der Waals surface area contributed by atoms with Crippen molar-refractivity contribution in [2.45, 2.75) is 64.3 Å². The molecule has 33 heavy (non-hydrogen) atoms. The van der Waals surface area contributed by atoms with E-state index in [-0.39, 0.29) is 35.5 Å². The zero-order valence-electron chi connectivity index (χ0n) is 19.2. The molecule has 0 radical (unpaired) electrons. The van der Waals surface area contributed by atoms with Crippen LogP contribution >= 0.6 is 0 Å². The molecule has 0 aromatic heterocycles. The van der Waals surface area contributed by atoms with E-state index in [0.717, 1.165) is 18.9 Å². The predicted octanol–water partition coefficient (Wildman–Crippen LogP) is 6.98. The summed E-state index contributed by atoms with van der Waals surface area (Å²) in [6.07, 6.45) is 4.19. The molecular weight excluding hydrogens is 433 g/mol. The SMILES string of the molecule is C=C/C(CC(=O)O)=C(C)/C=C(\C=C/C)c1c(OC2CCC(OC)CC2)cccc1C(F)(F)F. The van der Waals surface area contributed by atoms with Crippen LogP contribution in [-0.2, 0) is 15.7 Å². The second-order valence-electron chi connectivity index (χ2n) is 8.01. The highest BCUT2D eigenvalue weighted by atomic mass is 19.4. The number of carboxylic acid groups (broad SMARTS) is 1. The molecule has 1 aliphatic carbocycles. The van der Waals surface area contributed by atoms with Crippen molar-refractivity contribution >= 4 is 11.5 Å². The fourth-order valence-corrected chi connectivity index (χ4v) is 3.97. The van der Waals surface area contributed by atoms with Crippen molar-refractivity contribution in [2.24, 2.45) is 0 Å². The maximum Gasteiger partial charge on any atom is 0.417 e. The van der Waals surface area contributed by atoms with Crippen LogP contribution in [-0.4, -0.2) is 30.4 Å². The maximum absolute atomic E-state index is 14.0. The minimum atomic E-state index is -4.59. The summed E-state index contributed by atoms with van der Waals surface area (Å²) in [5.74, 6) is -0.891. The van der Waals surface area contributed by atoms with Crippen molar-refractivity contribution in [2.75, 3.05) is 7.11 Å². The number of aliphatic carboxylic acids is 1. The van der Waals surface area contributed by atoms with Gasteiger partial charge in [-0.25, -0.2) is 0 Å². The minimum absolute atomic E-state index is 0.0601. The minimum Gasteiger partial charge on any atom is -0.490 e. The van der Waals surface area contributed by atoms with E-state index in [1.54, 1.807) is 45.3 Å². The summed E-state index contributed by atoms with van der Waals surface area (Å²) in [6.45, 7) is 7.01. The van der Waals surface area contributed by atoms with Crippen LogP contribution < -0.4 is 4.74 Å². The number of alkyl halides is 3. The summed E-state index contributed by atoms with van der Waals surface area (Å²) in [7, 11) is 1.66. The number of rotatable bonds is 9. The lowest BCUT2D eigenvalue weighted by Crippen LogP contribution is -2.28. The Labute approximate surface area is 193 Å². The predicted molar refractivity (Wildman–Crippen MR) is 123 cm³/mol. The average molecular weight is 465 g/mol. The zero-order chi connectivity index (χ0) is 24.6. The smallest absolute Gasteiger partial charge is 0.417 e. The van der Waals surface area contributed by atoms with E-state index in [1.807, 2.05) is 0 Å². The van der Waals surface area contributed by atoms with Gasteiger partial charge in [0.25, 0.3) is 0 Å². The largest absolute Gasteiger partial charge is 0.490 e. The van der Waals surface area contributed by atoms with Crippen LogP contribution in [0.1, 0.15) is 57.1 Å². The Kier molecular flexibility index (Phi) is 9.53. The number of halogens is 3.